The molecule has 0 saturated carbocycles. The fourth-order valence-corrected chi connectivity index (χ4v) is 3.44. The molecular formula is C18H25N3O. The van der Waals surface area contributed by atoms with Crippen LogP contribution in [0, 0.1) is 5.92 Å². The third-order valence-electron chi connectivity index (χ3n) is 4.41. The van der Waals surface area contributed by atoms with Gasteiger partial charge in [-0.3, -0.25) is 4.79 Å². The van der Waals surface area contributed by atoms with E-state index in [1.165, 1.54) is 5.52 Å². The van der Waals surface area contributed by atoms with E-state index < -0.39 is 0 Å². The lowest BCUT2D eigenvalue weighted by molar-refractivity contribution is -0.131. The lowest BCUT2D eigenvalue weighted by atomic mass is 10.1. The van der Waals surface area contributed by atoms with E-state index in [1.807, 2.05) is 17.9 Å². The average molecular weight is 299 g/mol. The Morgan fingerprint density at radius 2 is 2.14 bits per heavy atom. The van der Waals surface area contributed by atoms with E-state index in [2.05, 4.69) is 36.6 Å². The number of nitrogens with zero attached hydrogens (tertiary/aromatic N) is 3. The number of fused-ring (bicyclic) bond motifs is 1. The summed E-state index contributed by atoms with van der Waals surface area (Å²) in [5.41, 5.74) is 2.22. The first kappa shape index (κ1) is 15.1. The number of para-hydroxylation sites is 2. The Bertz CT molecular complexity index is 674. The van der Waals surface area contributed by atoms with Crippen molar-refractivity contribution in [3.63, 3.8) is 0 Å². The smallest absolute Gasteiger partial charge is 0.222 e. The Morgan fingerprint density at radius 1 is 1.36 bits per heavy atom. The van der Waals surface area contributed by atoms with Crippen LogP contribution in [0.4, 0.5) is 0 Å². The number of hydrogen-bond donors (Lipinski definition) is 0. The van der Waals surface area contributed by atoms with Gasteiger partial charge in [-0.2, -0.15) is 0 Å². The van der Waals surface area contributed by atoms with Gasteiger partial charge in [-0.25, -0.2) is 4.98 Å². The summed E-state index contributed by atoms with van der Waals surface area (Å²) in [6.07, 6.45) is 2.66. The zero-order valence-electron chi connectivity index (χ0n) is 13.7. The predicted octanol–water partition coefficient (Wildman–Crippen LogP) is 3.77. The highest BCUT2D eigenvalue weighted by Crippen LogP contribution is 2.34. The molecule has 0 radical (unpaired) electrons. The number of imidazole rings is 1. The summed E-state index contributed by atoms with van der Waals surface area (Å²) < 4.78 is 2.33. The van der Waals surface area contributed by atoms with E-state index in [0.717, 1.165) is 37.3 Å². The van der Waals surface area contributed by atoms with Gasteiger partial charge in [0, 0.05) is 19.5 Å². The van der Waals surface area contributed by atoms with E-state index >= 15 is 0 Å². The first-order valence-corrected chi connectivity index (χ1v) is 8.36. The molecule has 118 valence electrons. The predicted molar refractivity (Wildman–Crippen MR) is 88.6 cm³/mol. The Morgan fingerprint density at radius 3 is 2.86 bits per heavy atom. The van der Waals surface area contributed by atoms with Gasteiger partial charge in [-0.05, 0) is 30.9 Å². The molecule has 4 heteroatoms. The second-order valence-corrected chi connectivity index (χ2v) is 6.56. The Balaban J connectivity index is 2.07. The fourth-order valence-electron chi connectivity index (χ4n) is 3.44. The molecule has 1 fully saturated rings. The lowest BCUT2D eigenvalue weighted by Crippen LogP contribution is -2.31. The molecule has 2 heterocycles. The molecule has 22 heavy (non-hydrogen) atoms. The molecule has 1 amide bonds. The molecule has 0 N–H and O–H groups in total. The van der Waals surface area contributed by atoms with Crippen molar-refractivity contribution in [1.29, 1.82) is 0 Å². The van der Waals surface area contributed by atoms with E-state index in [-0.39, 0.29) is 11.9 Å². The number of carbonyl (C=O) groups excluding carboxylic acids is 1. The maximum atomic E-state index is 12.2. The van der Waals surface area contributed by atoms with Crippen LogP contribution in [0.15, 0.2) is 24.3 Å². The van der Waals surface area contributed by atoms with E-state index in [4.69, 9.17) is 4.98 Å². The van der Waals surface area contributed by atoms with Crippen LogP contribution in [-0.4, -0.2) is 26.9 Å². The summed E-state index contributed by atoms with van der Waals surface area (Å²) in [5, 5.41) is 0. The first-order valence-electron chi connectivity index (χ1n) is 8.36. The number of amides is 1. The molecule has 0 spiro atoms. The van der Waals surface area contributed by atoms with Crippen LogP contribution in [0.3, 0.4) is 0 Å². The van der Waals surface area contributed by atoms with E-state index in [0.29, 0.717) is 12.3 Å². The first-order chi connectivity index (χ1) is 10.6. The van der Waals surface area contributed by atoms with E-state index in [9.17, 15) is 4.79 Å². The van der Waals surface area contributed by atoms with Gasteiger partial charge in [0.25, 0.3) is 0 Å². The van der Waals surface area contributed by atoms with Crippen molar-refractivity contribution < 1.29 is 4.79 Å². The number of hydrogen-bond acceptors (Lipinski definition) is 2. The van der Waals surface area contributed by atoms with Gasteiger partial charge in [0.15, 0.2) is 0 Å². The van der Waals surface area contributed by atoms with Crippen LogP contribution in [0.1, 0.15) is 51.9 Å². The third-order valence-corrected chi connectivity index (χ3v) is 4.41. The van der Waals surface area contributed by atoms with Gasteiger partial charge in [0.05, 0.1) is 17.1 Å². The molecule has 0 bridgehead atoms. The minimum absolute atomic E-state index is 0.138. The van der Waals surface area contributed by atoms with Crippen molar-refractivity contribution >= 4 is 16.9 Å². The second-order valence-electron chi connectivity index (χ2n) is 6.56. The van der Waals surface area contributed by atoms with Gasteiger partial charge in [0.1, 0.15) is 5.82 Å². The maximum Gasteiger partial charge on any atom is 0.222 e. The molecule has 4 nitrogen and oxygen atoms in total. The van der Waals surface area contributed by atoms with Crippen molar-refractivity contribution in [3.8, 4) is 0 Å². The molecule has 2 aromatic rings. The molecule has 1 atom stereocenters. The minimum atomic E-state index is 0.138. The summed E-state index contributed by atoms with van der Waals surface area (Å²) in [5.74, 6) is 1.85. The highest BCUT2D eigenvalue weighted by molar-refractivity contribution is 5.78. The number of aromatic nitrogens is 2. The van der Waals surface area contributed by atoms with Gasteiger partial charge < -0.3 is 9.47 Å². The standard InChI is InChI=1S/C18H25N3O/c1-4-17(22)20-11-7-10-16(20)18-19-14-8-5-6-9-15(14)21(18)12-13(2)3/h5-6,8-9,13,16H,4,7,10-12H2,1-3H3. The van der Waals surface area contributed by atoms with Crippen LogP contribution in [0.2, 0.25) is 0 Å². The van der Waals surface area contributed by atoms with Crippen molar-refractivity contribution in [1.82, 2.24) is 14.5 Å². The van der Waals surface area contributed by atoms with Crippen molar-refractivity contribution in [2.45, 2.75) is 52.6 Å². The largest absolute Gasteiger partial charge is 0.333 e. The van der Waals surface area contributed by atoms with Crippen LogP contribution in [-0.2, 0) is 11.3 Å². The number of benzene rings is 1. The molecule has 1 saturated heterocycles. The Hall–Kier alpha value is -1.84. The van der Waals surface area contributed by atoms with Crippen LogP contribution >= 0.6 is 0 Å². The third kappa shape index (κ3) is 2.62. The number of rotatable bonds is 4. The van der Waals surface area contributed by atoms with Crippen LogP contribution in [0.25, 0.3) is 11.0 Å². The van der Waals surface area contributed by atoms with Crippen molar-refractivity contribution in [3.05, 3.63) is 30.1 Å². The zero-order chi connectivity index (χ0) is 15.7. The summed E-state index contributed by atoms with van der Waals surface area (Å²) in [6.45, 7) is 8.20. The molecule has 3 rings (SSSR count). The topological polar surface area (TPSA) is 38.1 Å². The van der Waals surface area contributed by atoms with Gasteiger partial charge >= 0.3 is 0 Å². The fraction of sp³-hybridized carbons (Fsp3) is 0.556. The van der Waals surface area contributed by atoms with Crippen molar-refractivity contribution in [2.24, 2.45) is 5.92 Å². The van der Waals surface area contributed by atoms with Crippen LogP contribution in [0.5, 0.6) is 0 Å². The Kier molecular flexibility index (Phi) is 4.19. The molecule has 1 aromatic heterocycles. The van der Waals surface area contributed by atoms with Gasteiger partial charge in [0.2, 0.25) is 5.91 Å². The average Bonchev–Trinajstić information content (AvgIpc) is 3.11. The molecule has 1 aromatic carbocycles. The molecule has 1 unspecified atom stereocenters. The highest BCUT2D eigenvalue weighted by Gasteiger charge is 2.32. The lowest BCUT2D eigenvalue weighted by Gasteiger charge is -2.25. The molecule has 1 aliphatic rings. The van der Waals surface area contributed by atoms with Crippen LogP contribution < -0.4 is 0 Å². The van der Waals surface area contributed by atoms with Crippen molar-refractivity contribution in [2.75, 3.05) is 6.54 Å². The number of likely N-dealkylation sites (tertiary alicyclic amines) is 1. The Labute approximate surface area is 132 Å². The normalized spacial score (nSPS) is 18.5. The molecule has 1 aliphatic heterocycles. The highest BCUT2D eigenvalue weighted by atomic mass is 16.2. The monoisotopic (exact) mass is 299 g/mol. The summed E-state index contributed by atoms with van der Waals surface area (Å²) in [7, 11) is 0. The summed E-state index contributed by atoms with van der Waals surface area (Å²) in [4.78, 5) is 19.1. The SMILES string of the molecule is CCC(=O)N1CCCC1c1nc2ccccc2n1CC(C)C. The molecule has 0 aliphatic carbocycles. The van der Waals surface area contributed by atoms with E-state index in [1.54, 1.807) is 0 Å². The zero-order valence-corrected chi connectivity index (χ0v) is 13.7. The summed E-state index contributed by atoms with van der Waals surface area (Å²) >= 11 is 0. The minimum Gasteiger partial charge on any atom is -0.333 e. The number of carbonyl (C=O) groups is 1. The summed E-state index contributed by atoms with van der Waals surface area (Å²) in [6, 6.07) is 8.43. The van der Waals surface area contributed by atoms with Gasteiger partial charge in [-0.1, -0.05) is 32.9 Å². The quantitative estimate of drug-likeness (QED) is 0.862. The second kappa shape index (κ2) is 6.11. The molecular weight excluding hydrogens is 274 g/mol. The van der Waals surface area contributed by atoms with Gasteiger partial charge in [-0.15, -0.1) is 0 Å². The maximum absolute atomic E-state index is 12.2.